The summed E-state index contributed by atoms with van der Waals surface area (Å²) in [5.41, 5.74) is 7.65. The van der Waals surface area contributed by atoms with E-state index >= 15 is 0 Å². The molecule has 12 rings (SSSR count). The molecule has 0 amide bonds. The highest BCUT2D eigenvalue weighted by Gasteiger charge is 2.22. The minimum Gasteiger partial charge on any atom is -0.309 e. The van der Waals surface area contributed by atoms with E-state index in [1.807, 2.05) is 11.3 Å². The van der Waals surface area contributed by atoms with Crippen LogP contribution in [0.25, 0.3) is 112 Å². The van der Waals surface area contributed by atoms with Crippen LogP contribution in [0.15, 0.2) is 164 Å². The molecule has 4 aromatic heterocycles. The van der Waals surface area contributed by atoms with Gasteiger partial charge in [-0.2, -0.15) is 0 Å². The first-order valence-corrected chi connectivity index (χ1v) is 19.5. The molecule has 8 aromatic carbocycles. The molecule has 0 bridgehead atoms. The van der Waals surface area contributed by atoms with Crippen molar-refractivity contribution in [3.8, 4) is 28.3 Å². The first kappa shape index (κ1) is 29.2. The summed E-state index contributed by atoms with van der Waals surface area (Å²) in [6, 6.07) is 59.2. The molecule has 0 aliphatic rings. The summed E-state index contributed by atoms with van der Waals surface area (Å²) in [7, 11) is 0. The molecule has 0 aliphatic carbocycles. The van der Waals surface area contributed by atoms with Crippen molar-refractivity contribution in [3.63, 3.8) is 0 Å². The van der Waals surface area contributed by atoms with Gasteiger partial charge in [0.05, 0.1) is 26.9 Å². The molecule has 0 N–H and O–H groups in total. The molecular weight excluding hydrogens is 683 g/mol. The molecule has 0 fully saturated rings. The molecular formula is C48H27N3S2. The molecule has 0 spiro atoms. The Bertz CT molecular complexity index is 3460. The molecule has 0 radical (unpaired) electrons. The average molecular weight is 710 g/mol. The van der Waals surface area contributed by atoms with Crippen molar-refractivity contribution in [2.75, 3.05) is 0 Å². The van der Waals surface area contributed by atoms with E-state index in [-0.39, 0.29) is 0 Å². The zero-order chi connectivity index (χ0) is 34.6. The molecule has 3 nitrogen and oxygen atoms in total. The van der Waals surface area contributed by atoms with Crippen LogP contribution in [-0.2, 0) is 0 Å². The van der Waals surface area contributed by atoms with Crippen molar-refractivity contribution in [1.82, 2.24) is 14.5 Å². The van der Waals surface area contributed by atoms with Gasteiger partial charge in [0.15, 0.2) is 5.82 Å². The molecule has 246 valence electrons. The lowest BCUT2D eigenvalue weighted by Gasteiger charge is -2.12. The van der Waals surface area contributed by atoms with Gasteiger partial charge in [-0.1, -0.05) is 127 Å². The molecule has 53 heavy (non-hydrogen) atoms. The molecule has 0 saturated heterocycles. The maximum absolute atomic E-state index is 5.33. The predicted molar refractivity (Wildman–Crippen MR) is 228 cm³/mol. The number of hydrogen-bond acceptors (Lipinski definition) is 4. The summed E-state index contributed by atoms with van der Waals surface area (Å²) in [5, 5.41) is 11.4. The molecule has 0 atom stereocenters. The number of benzene rings is 8. The zero-order valence-corrected chi connectivity index (χ0v) is 29.9. The van der Waals surface area contributed by atoms with Crippen molar-refractivity contribution >= 4 is 106 Å². The van der Waals surface area contributed by atoms with E-state index in [1.54, 1.807) is 11.3 Å². The Morgan fingerprint density at radius 2 is 1.06 bits per heavy atom. The van der Waals surface area contributed by atoms with Crippen LogP contribution in [0.1, 0.15) is 0 Å². The van der Waals surface area contributed by atoms with Crippen LogP contribution in [0.4, 0.5) is 0 Å². The average Bonchev–Trinajstić information content (AvgIpc) is 3.91. The topological polar surface area (TPSA) is 30.7 Å². The second-order valence-corrected chi connectivity index (χ2v) is 15.8. The van der Waals surface area contributed by atoms with E-state index in [9.17, 15) is 0 Å². The van der Waals surface area contributed by atoms with Crippen molar-refractivity contribution in [3.05, 3.63) is 164 Å². The van der Waals surface area contributed by atoms with Gasteiger partial charge in [-0.3, -0.25) is 0 Å². The normalized spacial score (nSPS) is 12.2. The number of nitrogens with zero attached hydrogens (tertiary/aromatic N) is 3. The van der Waals surface area contributed by atoms with E-state index < -0.39 is 0 Å². The Labute approximate surface area is 311 Å². The Kier molecular flexibility index (Phi) is 6.09. The Morgan fingerprint density at radius 1 is 0.434 bits per heavy atom. The van der Waals surface area contributed by atoms with Gasteiger partial charge in [0.2, 0.25) is 0 Å². The van der Waals surface area contributed by atoms with Crippen LogP contribution < -0.4 is 0 Å². The number of rotatable bonds is 3. The van der Waals surface area contributed by atoms with Gasteiger partial charge in [-0.15, -0.1) is 22.7 Å². The van der Waals surface area contributed by atoms with Crippen LogP contribution in [0.2, 0.25) is 0 Å². The summed E-state index contributed by atoms with van der Waals surface area (Å²) in [4.78, 5) is 10.6. The lowest BCUT2D eigenvalue weighted by atomic mass is 10.00. The van der Waals surface area contributed by atoms with Crippen LogP contribution in [0, 0.1) is 0 Å². The van der Waals surface area contributed by atoms with Gasteiger partial charge < -0.3 is 4.57 Å². The molecule has 4 heterocycles. The highest BCUT2D eigenvalue weighted by molar-refractivity contribution is 7.27. The van der Waals surface area contributed by atoms with Gasteiger partial charge in [0, 0.05) is 63.2 Å². The quantitative estimate of drug-likeness (QED) is 0.183. The number of hydrogen-bond donors (Lipinski definition) is 0. The minimum absolute atomic E-state index is 0.742. The summed E-state index contributed by atoms with van der Waals surface area (Å²) < 4.78 is 7.46. The number of para-hydroxylation sites is 1. The van der Waals surface area contributed by atoms with Gasteiger partial charge in [-0.25, -0.2) is 9.97 Å². The lowest BCUT2D eigenvalue weighted by molar-refractivity contribution is 1.18. The van der Waals surface area contributed by atoms with Crippen LogP contribution in [0.5, 0.6) is 0 Å². The first-order chi connectivity index (χ1) is 26.3. The van der Waals surface area contributed by atoms with Gasteiger partial charge in [-0.05, 0) is 52.6 Å². The van der Waals surface area contributed by atoms with Crippen LogP contribution in [0.3, 0.4) is 0 Å². The molecule has 0 saturated carbocycles. The smallest absolute Gasteiger partial charge is 0.160 e. The third-order valence-electron chi connectivity index (χ3n) is 10.8. The Morgan fingerprint density at radius 3 is 1.89 bits per heavy atom. The van der Waals surface area contributed by atoms with Crippen molar-refractivity contribution in [2.24, 2.45) is 0 Å². The standard InChI is InChI=1S/C48H27N3S2/c1-2-12-30-27-31(22-21-28(30)11-1)48-49-43(47-44(50-48)37-17-7-10-20-40(37)53-47)29-23-25-32(26-24-29)51-38-18-8-5-15-35(38)41-33-13-3-4-14-34(33)46-42(45(41)51)36-16-6-9-19-39(36)52-46/h1-27H. The fourth-order valence-electron chi connectivity index (χ4n) is 8.40. The van der Waals surface area contributed by atoms with Gasteiger partial charge >= 0.3 is 0 Å². The van der Waals surface area contributed by atoms with E-state index in [0.717, 1.165) is 38.5 Å². The second-order valence-electron chi connectivity index (χ2n) is 13.7. The number of thiophene rings is 2. The SMILES string of the molecule is c1ccc2cc(-c3nc(-c4ccc(-n5c6ccccc6c6c7ccccc7c7sc8ccccc8c7c65)cc4)c4sc5ccccc5c4n3)ccc2c1. The first-order valence-electron chi connectivity index (χ1n) is 17.8. The second kappa shape index (κ2) is 11.1. The summed E-state index contributed by atoms with van der Waals surface area (Å²) >= 11 is 3.67. The van der Waals surface area contributed by atoms with E-state index in [1.165, 1.54) is 73.6 Å². The van der Waals surface area contributed by atoms with Crippen molar-refractivity contribution in [2.45, 2.75) is 0 Å². The molecule has 5 heteroatoms. The molecule has 12 aromatic rings. The van der Waals surface area contributed by atoms with E-state index in [4.69, 9.17) is 9.97 Å². The van der Waals surface area contributed by atoms with E-state index in [2.05, 4.69) is 168 Å². The highest BCUT2D eigenvalue weighted by Crippen LogP contribution is 2.48. The molecule has 0 unspecified atom stereocenters. The minimum atomic E-state index is 0.742. The lowest BCUT2D eigenvalue weighted by Crippen LogP contribution is -1.96. The van der Waals surface area contributed by atoms with Crippen LogP contribution in [-0.4, -0.2) is 14.5 Å². The van der Waals surface area contributed by atoms with Crippen molar-refractivity contribution in [1.29, 1.82) is 0 Å². The van der Waals surface area contributed by atoms with E-state index in [0.29, 0.717) is 0 Å². The summed E-state index contributed by atoms with van der Waals surface area (Å²) in [6.45, 7) is 0. The number of fused-ring (bicyclic) bond motifs is 14. The maximum atomic E-state index is 5.33. The predicted octanol–water partition coefficient (Wildman–Crippen LogP) is 13.9. The number of aromatic nitrogens is 3. The van der Waals surface area contributed by atoms with Gasteiger partial charge in [0.1, 0.15) is 0 Å². The summed E-state index contributed by atoms with van der Waals surface area (Å²) in [5.74, 6) is 0.742. The zero-order valence-electron chi connectivity index (χ0n) is 28.2. The van der Waals surface area contributed by atoms with Gasteiger partial charge in [0.25, 0.3) is 0 Å². The Balaban J connectivity index is 1.12. The fourth-order valence-corrected chi connectivity index (χ4v) is 10.8. The molecule has 0 aliphatic heterocycles. The fraction of sp³-hybridized carbons (Fsp3) is 0. The van der Waals surface area contributed by atoms with Crippen molar-refractivity contribution < 1.29 is 0 Å². The Hall–Kier alpha value is -6.40. The largest absolute Gasteiger partial charge is 0.309 e. The highest BCUT2D eigenvalue weighted by atomic mass is 32.1. The third kappa shape index (κ3) is 4.20. The third-order valence-corrected chi connectivity index (χ3v) is 13.1. The summed E-state index contributed by atoms with van der Waals surface area (Å²) in [6.07, 6.45) is 0. The van der Waals surface area contributed by atoms with Crippen LogP contribution >= 0.6 is 22.7 Å². The maximum Gasteiger partial charge on any atom is 0.160 e. The monoisotopic (exact) mass is 709 g/mol.